The monoisotopic (exact) mass is 229 g/mol. The van der Waals surface area contributed by atoms with Gasteiger partial charge in [-0.2, -0.15) is 5.26 Å². The number of hydrogen-bond acceptors (Lipinski definition) is 3. The fraction of sp³-hybridized carbons (Fsp3) is 0.500. The number of nitriles is 1. The maximum Gasteiger partial charge on any atom is 0.0991 e. The number of hydrogen-bond donors (Lipinski definition) is 1. The second-order valence-corrected chi connectivity index (χ2v) is 4.77. The van der Waals surface area contributed by atoms with Gasteiger partial charge in [0.1, 0.15) is 0 Å². The summed E-state index contributed by atoms with van der Waals surface area (Å²) < 4.78 is 0. The lowest BCUT2D eigenvalue weighted by Crippen LogP contribution is -2.40. The van der Waals surface area contributed by atoms with Crippen LogP contribution in [-0.2, 0) is 6.54 Å². The molecule has 0 aromatic heterocycles. The second-order valence-electron chi connectivity index (χ2n) is 4.77. The molecule has 90 valence electrons. The molecule has 0 aliphatic carbocycles. The number of likely N-dealkylation sites (tertiary alicyclic amines) is 1. The van der Waals surface area contributed by atoms with Gasteiger partial charge in [0.05, 0.1) is 11.6 Å². The fourth-order valence-electron chi connectivity index (χ4n) is 2.23. The first-order valence-corrected chi connectivity index (χ1v) is 6.19. The lowest BCUT2D eigenvalue weighted by molar-refractivity contribution is 0.234. The number of nitrogens with zero attached hydrogens (tertiary/aromatic N) is 2. The molecular formula is C14H19N3. The first-order valence-electron chi connectivity index (χ1n) is 6.19. The van der Waals surface area contributed by atoms with Gasteiger partial charge in [0.2, 0.25) is 0 Å². The zero-order valence-corrected chi connectivity index (χ0v) is 10.3. The van der Waals surface area contributed by atoms with Crippen LogP contribution in [0.25, 0.3) is 0 Å². The van der Waals surface area contributed by atoms with Crippen LogP contribution >= 0.6 is 0 Å². The molecule has 3 nitrogen and oxygen atoms in total. The zero-order valence-electron chi connectivity index (χ0n) is 10.3. The number of nitrogens with one attached hydrogen (secondary N) is 1. The Labute approximate surface area is 103 Å². The van der Waals surface area contributed by atoms with Crippen molar-refractivity contribution in [3.63, 3.8) is 0 Å². The van der Waals surface area contributed by atoms with Crippen molar-refractivity contribution in [3.8, 4) is 6.07 Å². The lowest BCUT2D eigenvalue weighted by Gasteiger charge is -2.29. The topological polar surface area (TPSA) is 39.1 Å². The predicted octanol–water partition coefficient (Wildman–Crippen LogP) is 1.74. The van der Waals surface area contributed by atoms with Crippen molar-refractivity contribution in [2.24, 2.45) is 0 Å². The van der Waals surface area contributed by atoms with Gasteiger partial charge in [-0.1, -0.05) is 12.1 Å². The van der Waals surface area contributed by atoms with Crippen molar-refractivity contribution in [1.29, 1.82) is 5.26 Å². The Morgan fingerprint density at radius 1 is 1.41 bits per heavy atom. The molecule has 0 bridgehead atoms. The van der Waals surface area contributed by atoms with Crippen molar-refractivity contribution in [1.82, 2.24) is 10.2 Å². The minimum Gasteiger partial charge on any atom is -0.310 e. The molecule has 0 unspecified atom stereocenters. The van der Waals surface area contributed by atoms with Crippen molar-refractivity contribution in [2.45, 2.75) is 25.4 Å². The van der Waals surface area contributed by atoms with Gasteiger partial charge in [0.15, 0.2) is 0 Å². The van der Waals surface area contributed by atoms with E-state index in [1.165, 1.54) is 31.5 Å². The Morgan fingerprint density at radius 3 is 2.88 bits per heavy atom. The minimum atomic E-state index is 0.622. The third-order valence-corrected chi connectivity index (χ3v) is 3.37. The standard InChI is InChI=1S/C14H19N3/c1-17-7-5-14(6-8-17)16-11-13-4-2-3-12(9-13)10-15/h2-4,9,14,16H,5-8,11H2,1H3. The van der Waals surface area contributed by atoms with Crippen LogP contribution in [0.15, 0.2) is 24.3 Å². The Bertz CT molecular complexity index is 400. The number of benzene rings is 1. The highest BCUT2D eigenvalue weighted by Crippen LogP contribution is 2.10. The third-order valence-electron chi connectivity index (χ3n) is 3.37. The van der Waals surface area contributed by atoms with Gasteiger partial charge in [0.25, 0.3) is 0 Å². The Kier molecular flexibility index (Phi) is 4.13. The van der Waals surface area contributed by atoms with Crippen LogP contribution in [0, 0.1) is 11.3 Å². The van der Waals surface area contributed by atoms with Gasteiger partial charge >= 0.3 is 0 Å². The van der Waals surface area contributed by atoms with Crippen LogP contribution in [0.4, 0.5) is 0 Å². The van der Waals surface area contributed by atoms with Gasteiger partial charge in [-0.05, 0) is 50.7 Å². The van der Waals surface area contributed by atoms with E-state index in [1.807, 2.05) is 18.2 Å². The molecule has 0 radical (unpaired) electrons. The highest BCUT2D eigenvalue weighted by molar-refractivity contribution is 5.32. The molecule has 17 heavy (non-hydrogen) atoms. The molecule has 1 aliphatic heterocycles. The average molecular weight is 229 g/mol. The molecule has 0 atom stereocenters. The van der Waals surface area contributed by atoms with E-state index in [9.17, 15) is 0 Å². The van der Waals surface area contributed by atoms with Gasteiger partial charge in [-0.3, -0.25) is 0 Å². The van der Waals surface area contributed by atoms with E-state index in [1.54, 1.807) is 0 Å². The molecule has 0 saturated carbocycles. The highest BCUT2D eigenvalue weighted by Gasteiger charge is 2.15. The number of rotatable bonds is 3. The molecule has 1 aromatic rings. The Hall–Kier alpha value is -1.37. The van der Waals surface area contributed by atoms with Gasteiger partial charge in [-0.25, -0.2) is 0 Å². The summed E-state index contributed by atoms with van der Waals surface area (Å²) in [6.45, 7) is 3.22. The molecule has 1 heterocycles. The first-order chi connectivity index (χ1) is 8.28. The van der Waals surface area contributed by atoms with Gasteiger partial charge in [0, 0.05) is 12.6 Å². The van der Waals surface area contributed by atoms with Crippen LogP contribution in [0.3, 0.4) is 0 Å². The summed E-state index contributed by atoms with van der Waals surface area (Å²) in [4.78, 5) is 2.37. The minimum absolute atomic E-state index is 0.622. The third kappa shape index (κ3) is 3.55. The summed E-state index contributed by atoms with van der Waals surface area (Å²) in [7, 11) is 2.17. The molecule has 1 saturated heterocycles. The Balaban J connectivity index is 1.83. The van der Waals surface area contributed by atoms with Crippen LogP contribution in [-0.4, -0.2) is 31.1 Å². The van der Waals surface area contributed by atoms with Crippen LogP contribution in [0.5, 0.6) is 0 Å². The summed E-state index contributed by atoms with van der Waals surface area (Å²) in [5.74, 6) is 0. The maximum atomic E-state index is 8.83. The van der Waals surface area contributed by atoms with E-state index in [4.69, 9.17) is 5.26 Å². The summed E-state index contributed by atoms with van der Waals surface area (Å²) >= 11 is 0. The summed E-state index contributed by atoms with van der Waals surface area (Å²) in [5, 5.41) is 12.4. The molecule has 1 aliphatic rings. The average Bonchev–Trinajstić information content (AvgIpc) is 2.38. The molecule has 1 fully saturated rings. The maximum absolute atomic E-state index is 8.83. The lowest BCUT2D eigenvalue weighted by atomic mass is 10.0. The summed E-state index contributed by atoms with van der Waals surface area (Å²) in [5.41, 5.74) is 1.94. The molecule has 1 N–H and O–H groups in total. The van der Waals surface area contributed by atoms with Crippen molar-refractivity contribution in [2.75, 3.05) is 20.1 Å². The zero-order chi connectivity index (χ0) is 12.1. The smallest absolute Gasteiger partial charge is 0.0991 e. The SMILES string of the molecule is CN1CCC(NCc2cccc(C#N)c2)CC1. The van der Waals surface area contributed by atoms with E-state index in [2.05, 4.69) is 29.4 Å². The van der Waals surface area contributed by atoms with Crippen molar-refractivity contribution in [3.05, 3.63) is 35.4 Å². The largest absolute Gasteiger partial charge is 0.310 e. The molecule has 2 rings (SSSR count). The highest BCUT2D eigenvalue weighted by atomic mass is 15.1. The van der Waals surface area contributed by atoms with Crippen LogP contribution < -0.4 is 5.32 Å². The normalized spacial score (nSPS) is 17.9. The quantitative estimate of drug-likeness (QED) is 0.858. The van der Waals surface area contributed by atoms with E-state index >= 15 is 0 Å². The Morgan fingerprint density at radius 2 is 2.18 bits per heavy atom. The molecular weight excluding hydrogens is 210 g/mol. The van der Waals surface area contributed by atoms with E-state index < -0.39 is 0 Å². The summed E-state index contributed by atoms with van der Waals surface area (Å²) in [6.07, 6.45) is 2.43. The van der Waals surface area contributed by atoms with Crippen molar-refractivity contribution < 1.29 is 0 Å². The van der Waals surface area contributed by atoms with Crippen LogP contribution in [0.1, 0.15) is 24.0 Å². The molecule has 0 amide bonds. The molecule has 3 heteroatoms. The van der Waals surface area contributed by atoms with Gasteiger partial charge in [-0.15, -0.1) is 0 Å². The fourth-order valence-corrected chi connectivity index (χ4v) is 2.23. The second kappa shape index (κ2) is 5.81. The van der Waals surface area contributed by atoms with E-state index in [-0.39, 0.29) is 0 Å². The van der Waals surface area contributed by atoms with Gasteiger partial charge < -0.3 is 10.2 Å². The first kappa shape index (κ1) is 12.1. The van der Waals surface area contributed by atoms with Crippen molar-refractivity contribution >= 4 is 0 Å². The predicted molar refractivity (Wildman–Crippen MR) is 68.5 cm³/mol. The molecule has 0 spiro atoms. The van der Waals surface area contributed by atoms with Crippen LogP contribution in [0.2, 0.25) is 0 Å². The molecule has 1 aromatic carbocycles. The van der Waals surface area contributed by atoms with E-state index in [0.29, 0.717) is 6.04 Å². The summed E-state index contributed by atoms with van der Waals surface area (Å²) in [6, 6.07) is 10.6. The number of piperidine rings is 1. The van der Waals surface area contributed by atoms with E-state index in [0.717, 1.165) is 12.1 Å².